The highest BCUT2D eigenvalue weighted by Gasteiger charge is 2.21. The zero-order valence-corrected chi connectivity index (χ0v) is 13.8. The smallest absolute Gasteiger partial charge is 0.303 e. The first kappa shape index (κ1) is 17.7. The minimum atomic E-state index is -0.791. The van der Waals surface area contributed by atoms with Crippen LogP contribution in [0.15, 0.2) is 15.5 Å². The van der Waals surface area contributed by atoms with Gasteiger partial charge in [0.15, 0.2) is 0 Å². The van der Waals surface area contributed by atoms with Gasteiger partial charge in [-0.1, -0.05) is 12.8 Å². The predicted octanol–water partition coefficient (Wildman–Crippen LogP) is 1.60. The summed E-state index contributed by atoms with van der Waals surface area (Å²) in [4.78, 5) is 39.0. The number of fused-ring (bicyclic) bond motifs is 1. The second-order valence-electron chi connectivity index (χ2n) is 5.69. The van der Waals surface area contributed by atoms with Crippen LogP contribution in [0.4, 0.5) is 0 Å². The van der Waals surface area contributed by atoms with E-state index in [1.54, 1.807) is 14.0 Å². The van der Waals surface area contributed by atoms with Gasteiger partial charge < -0.3 is 19.4 Å². The molecule has 0 aliphatic heterocycles. The van der Waals surface area contributed by atoms with E-state index in [1.165, 1.54) is 10.9 Å². The van der Waals surface area contributed by atoms with E-state index in [0.29, 0.717) is 18.7 Å². The second-order valence-corrected chi connectivity index (χ2v) is 5.69. The van der Waals surface area contributed by atoms with Crippen LogP contribution in [0.25, 0.3) is 11.1 Å². The summed E-state index contributed by atoms with van der Waals surface area (Å²) in [7, 11) is 1.57. The van der Waals surface area contributed by atoms with E-state index in [-0.39, 0.29) is 34.6 Å². The number of rotatable bonds is 8. The minimum Gasteiger partial charge on any atom is -0.481 e. The van der Waals surface area contributed by atoms with E-state index in [4.69, 9.17) is 9.52 Å². The van der Waals surface area contributed by atoms with Crippen LogP contribution in [0.3, 0.4) is 0 Å². The molecule has 1 amide bonds. The Balaban J connectivity index is 1.95. The lowest BCUT2D eigenvalue weighted by Crippen LogP contribution is -2.27. The zero-order chi connectivity index (χ0) is 17.7. The fourth-order valence-electron chi connectivity index (χ4n) is 2.51. The number of carbonyl (C=O) groups is 2. The van der Waals surface area contributed by atoms with Crippen LogP contribution in [0.2, 0.25) is 0 Å². The van der Waals surface area contributed by atoms with E-state index in [2.05, 4.69) is 10.3 Å². The lowest BCUT2D eigenvalue weighted by atomic mass is 10.1. The number of aryl methyl sites for hydroxylation is 2. The molecule has 2 aromatic heterocycles. The van der Waals surface area contributed by atoms with Crippen LogP contribution in [-0.2, 0) is 11.8 Å². The minimum absolute atomic E-state index is 0.162. The average molecular weight is 335 g/mol. The molecule has 0 aliphatic rings. The molecule has 2 heterocycles. The first-order chi connectivity index (χ1) is 11.4. The lowest BCUT2D eigenvalue weighted by Gasteiger charge is -2.05. The van der Waals surface area contributed by atoms with Crippen molar-refractivity contribution in [2.45, 2.75) is 39.0 Å². The number of furan rings is 1. The molecule has 0 spiro atoms. The monoisotopic (exact) mass is 335 g/mol. The predicted molar refractivity (Wildman–Crippen MR) is 87.0 cm³/mol. The molecule has 0 bridgehead atoms. The van der Waals surface area contributed by atoms with Crippen molar-refractivity contribution in [1.29, 1.82) is 0 Å². The Morgan fingerprint density at radius 2 is 2.00 bits per heavy atom. The van der Waals surface area contributed by atoms with Crippen molar-refractivity contribution in [2.24, 2.45) is 7.05 Å². The Bertz CT molecular complexity index is 806. The molecular weight excluding hydrogens is 314 g/mol. The highest BCUT2D eigenvalue weighted by molar-refractivity contribution is 6.06. The molecule has 0 atom stereocenters. The van der Waals surface area contributed by atoms with Crippen molar-refractivity contribution in [3.8, 4) is 0 Å². The van der Waals surface area contributed by atoms with Crippen molar-refractivity contribution >= 4 is 23.0 Å². The van der Waals surface area contributed by atoms with Gasteiger partial charge in [-0.2, -0.15) is 0 Å². The highest BCUT2D eigenvalue weighted by Crippen LogP contribution is 2.20. The quantitative estimate of drug-likeness (QED) is 0.708. The standard InChI is InChI=1S/C16H21N3O5/c1-10-12(13-15(24-10)18-9-19(2)16(13)23)14(22)17-8-6-4-3-5-7-11(20)21/h9H,3-8H2,1-2H3,(H,17,22)(H,20,21). The van der Waals surface area contributed by atoms with Crippen LogP contribution in [0.1, 0.15) is 48.2 Å². The van der Waals surface area contributed by atoms with E-state index in [1.807, 2.05) is 0 Å². The van der Waals surface area contributed by atoms with E-state index in [0.717, 1.165) is 19.3 Å². The first-order valence-corrected chi connectivity index (χ1v) is 7.86. The summed E-state index contributed by atoms with van der Waals surface area (Å²) >= 11 is 0. The number of carbonyl (C=O) groups excluding carboxylic acids is 1. The van der Waals surface area contributed by atoms with Gasteiger partial charge in [-0.15, -0.1) is 0 Å². The summed E-state index contributed by atoms with van der Waals surface area (Å²) in [6, 6.07) is 0. The molecule has 0 aliphatic carbocycles. The third-order valence-corrected chi connectivity index (χ3v) is 3.78. The Morgan fingerprint density at radius 1 is 1.29 bits per heavy atom. The fraction of sp³-hybridized carbons (Fsp3) is 0.500. The Kier molecular flexibility index (Phi) is 5.73. The van der Waals surface area contributed by atoms with Gasteiger partial charge in [0.2, 0.25) is 5.71 Å². The average Bonchev–Trinajstić information content (AvgIpc) is 2.86. The van der Waals surface area contributed by atoms with Crippen LogP contribution in [0.5, 0.6) is 0 Å². The number of hydrogen-bond donors (Lipinski definition) is 2. The summed E-state index contributed by atoms with van der Waals surface area (Å²) in [6.45, 7) is 2.08. The van der Waals surface area contributed by atoms with Gasteiger partial charge in [0.1, 0.15) is 17.5 Å². The first-order valence-electron chi connectivity index (χ1n) is 7.86. The van der Waals surface area contributed by atoms with Crippen molar-refractivity contribution in [3.05, 3.63) is 28.0 Å². The second kappa shape index (κ2) is 7.76. The summed E-state index contributed by atoms with van der Waals surface area (Å²) in [5, 5.41) is 11.5. The zero-order valence-electron chi connectivity index (χ0n) is 13.8. The number of aromatic nitrogens is 2. The molecule has 0 saturated heterocycles. The van der Waals surface area contributed by atoms with Gasteiger partial charge in [-0.3, -0.25) is 14.4 Å². The van der Waals surface area contributed by atoms with Crippen molar-refractivity contribution in [2.75, 3.05) is 6.54 Å². The number of amides is 1. The van der Waals surface area contributed by atoms with Crippen molar-refractivity contribution in [3.63, 3.8) is 0 Å². The van der Waals surface area contributed by atoms with Gasteiger partial charge in [0.25, 0.3) is 11.5 Å². The number of nitrogens with one attached hydrogen (secondary N) is 1. The SMILES string of the molecule is Cc1oc2ncn(C)c(=O)c2c1C(=O)NCCCCCCC(=O)O. The summed E-state index contributed by atoms with van der Waals surface area (Å²) < 4.78 is 6.70. The molecule has 0 unspecified atom stereocenters. The molecule has 2 N–H and O–H groups in total. The number of nitrogens with zero attached hydrogens (tertiary/aromatic N) is 2. The number of aliphatic carboxylic acids is 1. The third kappa shape index (κ3) is 4.01. The summed E-state index contributed by atoms with van der Waals surface area (Å²) in [6.07, 6.45) is 4.55. The fourth-order valence-corrected chi connectivity index (χ4v) is 2.51. The molecule has 24 heavy (non-hydrogen) atoms. The molecule has 0 fully saturated rings. The van der Waals surface area contributed by atoms with E-state index < -0.39 is 5.97 Å². The molecule has 130 valence electrons. The molecule has 0 aromatic carbocycles. The molecule has 8 nitrogen and oxygen atoms in total. The van der Waals surface area contributed by atoms with Crippen molar-refractivity contribution < 1.29 is 19.1 Å². The molecule has 2 rings (SSSR count). The third-order valence-electron chi connectivity index (χ3n) is 3.78. The van der Waals surface area contributed by atoms with Crippen LogP contribution in [0, 0.1) is 6.92 Å². The molecule has 2 aromatic rings. The van der Waals surface area contributed by atoms with Crippen LogP contribution >= 0.6 is 0 Å². The molecule has 0 saturated carbocycles. The largest absolute Gasteiger partial charge is 0.481 e. The number of carboxylic acids is 1. The highest BCUT2D eigenvalue weighted by atomic mass is 16.4. The van der Waals surface area contributed by atoms with Crippen LogP contribution < -0.4 is 10.9 Å². The normalized spacial score (nSPS) is 10.9. The van der Waals surface area contributed by atoms with Gasteiger partial charge in [0.05, 0.1) is 5.56 Å². The van der Waals surface area contributed by atoms with Gasteiger partial charge in [-0.05, 0) is 19.8 Å². The topological polar surface area (TPSA) is 114 Å². The van der Waals surface area contributed by atoms with E-state index >= 15 is 0 Å². The number of unbranched alkanes of at least 4 members (excludes halogenated alkanes) is 3. The van der Waals surface area contributed by atoms with Crippen LogP contribution in [-0.4, -0.2) is 33.1 Å². The van der Waals surface area contributed by atoms with Gasteiger partial charge in [0, 0.05) is 20.0 Å². The Morgan fingerprint density at radius 3 is 2.71 bits per heavy atom. The lowest BCUT2D eigenvalue weighted by molar-refractivity contribution is -0.137. The Hall–Kier alpha value is -2.64. The maximum absolute atomic E-state index is 12.4. The van der Waals surface area contributed by atoms with Crippen molar-refractivity contribution in [1.82, 2.24) is 14.9 Å². The Labute approximate surface area is 138 Å². The van der Waals surface area contributed by atoms with Gasteiger partial charge in [-0.25, -0.2) is 4.98 Å². The van der Waals surface area contributed by atoms with E-state index in [9.17, 15) is 14.4 Å². The molecule has 8 heteroatoms. The molecular formula is C16H21N3O5. The summed E-state index contributed by atoms with van der Waals surface area (Å²) in [5.74, 6) is -0.789. The van der Waals surface area contributed by atoms with Gasteiger partial charge >= 0.3 is 5.97 Å². The summed E-state index contributed by atoms with van der Waals surface area (Å²) in [5.41, 5.74) is 0.0645. The number of carboxylic acid groups (broad SMARTS) is 1. The maximum atomic E-state index is 12.4. The maximum Gasteiger partial charge on any atom is 0.303 e. The molecule has 0 radical (unpaired) electrons. The number of hydrogen-bond acceptors (Lipinski definition) is 5.